The highest BCUT2D eigenvalue weighted by Crippen LogP contribution is 2.44. The quantitative estimate of drug-likeness (QED) is 0.721. The Morgan fingerprint density at radius 2 is 1.63 bits per heavy atom. The maximum atomic E-state index is 13.6. The number of hydrogen-bond acceptors (Lipinski definition) is 3. The van der Waals surface area contributed by atoms with Crippen LogP contribution in [0.4, 0.5) is 10.1 Å². The topological polar surface area (TPSA) is 58.6 Å². The third-order valence-electron chi connectivity index (χ3n) is 5.53. The van der Waals surface area contributed by atoms with Crippen LogP contribution < -0.4 is 15.0 Å². The van der Waals surface area contributed by atoms with E-state index in [1.165, 1.54) is 17.0 Å². The number of carbonyl (C=O) groups is 2. The van der Waals surface area contributed by atoms with Crippen LogP contribution in [-0.2, 0) is 9.59 Å². The largest absolute Gasteiger partial charge is 0.457 e. The molecular weight excluding hydrogens is 383 g/mol. The normalized spacial score (nSPS) is 17.8. The number of para-hydroxylation sites is 2. The lowest BCUT2D eigenvalue weighted by atomic mass is 9.87. The summed E-state index contributed by atoms with van der Waals surface area (Å²) in [5.74, 6) is 0.0592. The van der Waals surface area contributed by atoms with Gasteiger partial charge in [0.05, 0.1) is 12.0 Å². The molecule has 2 aliphatic heterocycles. The Morgan fingerprint density at radius 1 is 0.967 bits per heavy atom. The Labute approximate surface area is 173 Å². The summed E-state index contributed by atoms with van der Waals surface area (Å²) in [6.45, 7) is 0.306. The summed E-state index contributed by atoms with van der Waals surface area (Å²) in [4.78, 5) is 27.3. The summed E-state index contributed by atoms with van der Waals surface area (Å²) in [6, 6.07) is 20.5. The Hall–Kier alpha value is -3.67. The van der Waals surface area contributed by atoms with E-state index in [-0.39, 0.29) is 24.3 Å². The number of benzene rings is 3. The van der Waals surface area contributed by atoms with Crippen LogP contribution in [0, 0.1) is 5.82 Å². The van der Waals surface area contributed by atoms with Gasteiger partial charge in [0, 0.05) is 29.8 Å². The number of nitrogens with one attached hydrogen (secondary N) is 1. The van der Waals surface area contributed by atoms with Crippen LogP contribution in [0.5, 0.6) is 11.5 Å². The summed E-state index contributed by atoms with van der Waals surface area (Å²) in [5, 5.41) is 3.02. The number of carbonyl (C=O) groups excluding carboxylic acids is 2. The molecule has 5 rings (SSSR count). The first-order valence-electron chi connectivity index (χ1n) is 9.82. The predicted octanol–water partition coefficient (Wildman–Crippen LogP) is 3.99. The van der Waals surface area contributed by atoms with Crippen molar-refractivity contribution in [1.29, 1.82) is 0 Å². The van der Waals surface area contributed by atoms with Gasteiger partial charge in [-0.3, -0.25) is 9.59 Å². The van der Waals surface area contributed by atoms with Gasteiger partial charge >= 0.3 is 0 Å². The van der Waals surface area contributed by atoms with Crippen molar-refractivity contribution in [2.24, 2.45) is 0 Å². The van der Waals surface area contributed by atoms with Crippen LogP contribution in [0.25, 0.3) is 0 Å². The third kappa shape index (κ3) is 3.20. The van der Waals surface area contributed by atoms with Crippen molar-refractivity contribution in [1.82, 2.24) is 5.32 Å². The number of fused-ring (bicyclic) bond motifs is 2. The van der Waals surface area contributed by atoms with Gasteiger partial charge < -0.3 is 15.0 Å². The van der Waals surface area contributed by atoms with Crippen molar-refractivity contribution < 1.29 is 18.7 Å². The Bertz CT molecular complexity index is 1100. The van der Waals surface area contributed by atoms with Crippen LogP contribution in [0.15, 0.2) is 72.8 Å². The first-order valence-corrected chi connectivity index (χ1v) is 9.82. The average Bonchev–Trinajstić information content (AvgIpc) is 3.11. The SMILES string of the molecule is O=C(N[C@H]1CC(=O)N(c2cccc(F)c2)C1)C1c2ccccc2Oc2ccccc21. The predicted molar refractivity (Wildman–Crippen MR) is 110 cm³/mol. The molecule has 150 valence electrons. The van der Waals surface area contributed by atoms with Crippen molar-refractivity contribution in [2.45, 2.75) is 18.4 Å². The van der Waals surface area contributed by atoms with Crippen LogP contribution in [-0.4, -0.2) is 24.4 Å². The summed E-state index contributed by atoms with van der Waals surface area (Å²) < 4.78 is 19.5. The van der Waals surface area contributed by atoms with Crippen molar-refractivity contribution >= 4 is 17.5 Å². The first-order chi connectivity index (χ1) is 14.6. The summed E-state index contributed by atoms with van der Waals surface area (Å²) in [6.07, 6.45) is 0.175. The number of amides is 2. The van der Waals surface area contributed by atoms with Gasteiger partial charge in [-0.05, 0) is 30.3 Å². The molecule has 6 heteroatoms. The molecule has 0 spiro atoms. The molecule has 0 unspecified atom stereocenters. The van der Waals surface area contributed by atoms with E-state index in [9.17, 15) is 14.0 Å². The highest BCUT2D eigenvalue weighted by molar-refractivity contribution is 5.97. The highest BCUT2D eigenvalue weighted by atomic mass is 19.1. The van der Waals surface area contributed by atoms with E-state index in [0.29, 0.717) is 23.7 Å². The second-order valence-electron chi connectivity index (χ2n) is 7.50. The fraction of sp³-hybridized carbons (Fsp3) is 0.167. The molecule has 0 radical (unpaired) electrons. The summed E-state index contributed by atoms with van der Waals surface area (Å²) in [7, 11) is 0. The van der Waals surface area contributed by atoms with Gasteiger partial charge in [0.25, 0.3) is 0 Å². The van der Waals surface area contributed by atoms with Gasteiger partial charge in [-0.2, -0.15) is 0 Å². The molecule has 2 amide bonds. The van der Waals surface area contributed by atoms with Gasteiger partial charge in [0.1, 0.15) is 17.3 Å². The number of hydrogen-bond donors (Lipinski definition) is 1. The average molecular weight is 402 g/mol. The molecule has 1 saturated heterocycles. The molecule has 5 nitrogen and oxygen atoms in total. The van der Waals surface area contributed by atoms with E-state index in [2.05, 4.69) is 5.32 Å². The van der Waals surface area contributed by atoms with E-state index < -0.39 is 11.7 Å². The monoisotopic (exact) mass is 402 g/mol. The molecule has 0 bridgehead atoms. The molecule has 1 fully saturated rings. The van der Waals surface area contributed by atoms with E-state index in [1.807, 2.05) is 48.5 Å². The molecule has 0 aromatic heterocycles. The van der Waals surface area contributed by atoms with E-state index in [0.717, 1.165) is 11.1 Å². The number of ether oxygens (including phenoxy) is 1. The number of anilines is 1. The van der Waals surface area contributed by atoms with Crippen molar-refractivity contribution in [3.8, 4) is 11.5 Å². The molecule has 2 aliphatic rings. The van der Waals surface area contributed by atoms with E-state index in [1.54, 1.807) is 12.1 Å². The fourth-order valence-corrected chi connectivity index (χ4v) is 4.17. The van der Waals surface area contributed by atoms with Gasteiger partial charge in [0.2, 0.25) is 11.8 Å². The molecular formula is C24H19FN2O3. The highest BCUT2D eigenvalue weighted by Gasteiger charge is 2.36. The molecule has 0 aliphatic carbocycles. The lowest BCUT2D eigenvalue weighted by molar-refractivity contribution is -0.122. The summed E-state index contributed by atoms with van der Waals surface area (Å²) in [5.41, 5.74) is 2.08. The van der Waals surface area contributed by atoms with E-state index in [4.69, 9.17) is 4.74 Å². The number of rotatable bonds is 3. The van der Waals surface area contributed by atoms with Crippen molar-refractivity contribution in [3.05, 3.63) is 89.7 Å². The van der Waals surface area contributed by atoms with Crippen LogP contribution in [0.2, 0.25) is 0 Å². The van der Waals surface area contributed by atoms with Gasteiger partial charge in [-0.15, -0.1) is 0 Å². The standard InChI is InChI=1S/C24H19FN2O3/c25-15-6-5-7-17(12-15)27-14-16(13-22(27)28)26-24(29)23-18-8-1-3-10-20(18)30-21-11-4-2-9-19(21)23/h1-12,16,23H,13-14H2,(H,26,29)/t16-/m0/s1. The third-order valence-corrected chi connectivity index (χ3v) is 5.53. The zero-order valence-electron chi connectivity index (χ0n) is 16.0. The molecule has 30 heavy (non-hydrogen) atoms. The molecule has 1 N–H and O–H groups in total. The van der Waals surface area contributed by atoms with Gasteiger partial charge in [-0.1, -0.05) is 42.5 Å². The molecule has 1 atom stereocenters. The minimum atomic E-state index is -0.524. The second kappa shape index (κ2) is 7.30. The minimum Gasteiger partial charge on any atom is -0.457 e. The number of halogens is 1. The Balaban J connectivity index is 1.39. The van der Waals surface area contributed by atoms with E-state index >= 15 is 0 Å². The maximum absolute atomic E-state index is 13.6. The smallest absolute Gasteiger partial charge is 0.232 e. The Morgan fingerprint density at radius 3 is 2.30 bits per heavy atom. The maximum Gasteiger partial charge on any atom is 0.232 e. The zero-order chi connectivity index (χ0) is 20.7. The first kappa shape index (κ1) is 18.4. The molecule has 0 saturated carbocycles. The summed E-state index contributed by atoms with van der Waals surface area (Å²) >= 11 is 0. The lowest BCUT2D eigenvalue weighted by Crippen LogP contribution is -2.40. The van der Waals surface area contributed by atoms with Crippen molar-refractivity contribution in [3.63, 3.8) is 0 Å². The van der Waals surface area contributed by atoms with Gasteiger partial charge in [0.15, 0.2) is 0 Å². The van der Waals surface area contributed by atoms with Crippen LogP contribution in [0.1, 0.15) is 23.5 Å². The minimum absolute atomic E-state index is 0.140. The van der Waals surface area contributed by atoms with Gasteiger partial charge in [-0.25, -0.2) is 4.39 Å². The lowest BCUT2D eigenvalue weighted by Gasteiger charge is -2.28. The van der Waals surface area contributed by atoms with Crippen molar-refractivity contribution in [2.75, 3.05) is 11.4 Å². The van der Waals surface area contributed by atoms with Crippen LogP contribution >= 0.6 is 0 Å². The molecule has 2 heterocycles. The number of nitrogens with zero attached hydrogens (tertiary/aromatic N) is 1. The molecule has 3 aromatic carbocycles. The second-order valence-corrected chi connectivity index (χ2v) is 7.50. The zero-order valence-corrected chi connectivity index (χ0v) is 16.0. The Kier molecular flexibility index (Phi) is 4.47. The van der Waals surface area contributed by atoms with Crippen LogP contribution in [0.3, 0.4) is 0 Å². The molecule has 3 aromatic rings. The fourth-order valence-electron chi connectivity index (χ4n) is 4.17.